The first kappa shape index (κ1) is 35.4. The third-order valence-corrected chi connectivity index (χ3v) is 10.5. The number of alkyl halides is 4. The molecule has 268 valence electrons. The summed E-state index contributed by atoms with van der Waals surface area (Å²) in [7, 11) is 3.06. The summed E-state index contributed by atoms with van der Waals surface area (Å²) in [5.41, 5.74) is -0.0159. The largest absolute Gasteiger partial charge is 0.497 e. The number of carbonyl (C=O) groups excluding carboxylic acids is 1. The van der Waals surface area contributed by atoms with Crippen molar-refractivity contribution in [2.75, 3.05) is 69.9 Å². The molecule has 0 aliphatic carbocycles. The number of halogens is 4. The van der Waals surface area contributed by atoms with E-state index in [1.807, 2.05) is 17.9 Å². The summed E-state index contributed by atoms with van der Waals surface area (Å²) in [5.74, 6) is -3.14. The maximum Gasteiger partial charge on any atom is 0.416 e. The Morgan fingerprint density at radius 3 is 2.32 bits per heavy atom. The Morgan fingerprint density at radius 2 is 1.70 bits per heavy atom. The molecule has 1 aromatic heterocycles. The Labute approximate surface area is 288 Å². The molecule has 9 nitrogen and oxygen atoms in total. The molecule has 0 bridgehead atoms. The molecule has 1 amide bonds. The predicted molar refractivity (Wildman–Crippen MR) is 179 cm³/mol. The van der Waals surface area contributed by atoms with Gasteiger partial charge in [-0.1, -0.05) is 18.2 Å². The van der Waals surface area contributed by atoms with Gasteiger partial charge in [0.15, 0.2) is 0 Å². The number of nitrogens with zero attached hydrogens (tertiary/aromatic N) is 4. The number of carbonyl (C=O) groups is 2. The lowest BCUT2D eigenvalue weighted by Crippen LogP contribution is -2.50. The average molecular weight is 699 g/mol. The second-order valence-corrected chi connectivity index (χ2v) is 13.6. The van der Waals surface area contributed by atoms with Gasteiger partial charge in [0.25, 0.3) is 5.91 Å². The summed E-state index contributed by atoms with van der Waals surface area (Å²) >= 11 is 0. The minimum absolute atomic E-state index is 0.0895. The highest BCUT2D eigenvalue weighted by Gasteiger charge is 2.57. The molecule has 50 heavy (non-hydrogen) atoms. The van der Waals surface area contributed by atoms with Crippen LogP contribution in [0.2, 0.25) is 0 Å². The lowest BCUT2D eigenvalue weighted by atomic mass is 9.85. The van der Waals surface area contributed by atoms with E-state index in [4.69, 9.17) is 9.47 Å². The molecule has 2 aromatic carbocycles. The summed E-state index contributed by atoms with van der Waals surface area (Å²) in [5, 5.41) is 9.51. The molecule has 4 atom stereocenters. The highest BCUT2D eigenvalue weighted by molar-refractivity contribution is 5.89. The summed E-state index contributed by atoms with van der Waals surface area (Å²) in [6, 6.07) is 14.3. The zero-order chi connectivity index (χ0) is 35.8. The molecule has 3 fully saturated rings. The molecule has 0 radical (unpaired) electrons. The van der Waals surface area contributed by atoms with Gasteiger partial charge in [0, 0.05) is 80.9 Å². The first-order valence-corrected chi connectivity index (χ1v) is 16.8. The van der Waals surface area contributed by atoms with E-state index in [0.29, 0.717) is 35.4 Å². The lowest BCUT2D eigenvalue weighted by Gasteiger charge is -2.35. The Kier molecular flexibility index (Phi) is 9.98. The number of anilines is 2. The molecular formula is C37H42F4N4O5. The zero-order valence-corrected chi connectivity index (χ0v) is 28.3. The van der Waals surface area contributed by atoms with Crippen molar-refractivity contribution in [2.45, 2.75) is 43.4 Å². The standard InChI is InChI=1S/C37H42F4N4O5/c1-23-16-28(10-13-42-23)45-20-32(24-4-7-29(50-3)8-5-24)36(38,22-45)35(48)44-18-26(21-49-2)31(19-44)30-9-6-27(37(39,40)41)17-33(30)43-14-11-25(12-15-43)34(46)47/h4-10,13,16-17,25-26,31-32H,11-12,14-15,18-22H2,1-3H3,(H,46,47)/t26-,31+,32+,36+/m1/s1. The van der Waals surface area contributed by atoms with Crippen molar-refractivity contribution in [3.05, 3.63) is 83.2 Å². The van der Waals surface area contributed by atoms with Crippen LogP contribution in [0.4, 0.5) is 28.9 Å². The predicted octanol–water partition coefficient (Wildman–Crippen LogP) is 5.92. The Bertz CT molecular complexity index is 1700. The third-order valence-electron chi connectivity index (χ3n) is 10.5. The molecule has 4 heterocycles. The number of benzene rings is 2. The van der Waals surface area contributed by atoms with Gasteiger partial charge in [0.2, 0.25) is 5.67 Å². The zero-order valence-electron chi connectivity index (χ0n) is 28.3. The minimum atomic E-state index is -4.59. The maximum atomic E-state index is 17.7. The topological polar surface area (TPSA) is 95.4 Å². The van der Waals surface area contributed by atoms with Gasteiger partial charge >= 0.3 is 12.1 Å². The quantitative estimate of drug-likeness (QED) is 0.276. The average Bonchev–Trinajstić information content (AvgIpc) is 3.69. The number of piperidine rings is 1. The van der Waals surface area contributed by atoms with Gasteiger partial charge < -0.3 is 29.3 Å². The molecule has 0 unspecified atom stereocenters. The van der Waals surface area contributed by atoms with Crippen molar-refractivity contribution in [3.63, 3.8) is 0 Å². The van der Waals surface area contributed by atoms with Crippen LogP contribution in [-0.2, 0) is 20.5 Å². The molecule has 3 aliphatic rings. The number of likely N-dealkylation sites (tertiary alicyclic amines) is 1. The minimum Gasteiger partial charge on any atom is -0.497 e. The van der Waals surface area contributed by atoms with Gasteiger partial charge in [-0.3, -0.25) is 14.6 Å². The van der Waals surface area contributed by atoms with Crippen LogP contribution in [0.5, 0.6) is 5.75 Å². The summed E-state index contributed by atoms with van der Waals surface area (Å²) in [6.07, 6.45) is -2.34. The Hall–Kier alpha value is -4.39. The van der Waals surface area contributed by atoms with Gasteiger partial charge in [-0.2, -0.15) is 13.2 Å². The second-order valence-electron chi connectivity index (χ2n) is 13.6. The van der Waals surface area contributed by atoms with Crippen LogP contribution in [0.1, 0.15) is 47.1 Å². The van der Waals surface area contributed by atoms with E-state index < -0.39 is 47.0 Å². The fourth-order valence-corrected chi connectivity index (χ4v) is 7.87. The van der Waals surface area contributed by atoms with Crippen molar-refractivity contribution >= 4 is 23.3 Å². The number of aliphatic carboxylic acids is 1. The fraction of sp³-hybridized carbons (Fsp3) is 0.486. The van der Waals surface area contributed by atoms with Crippen molar-refractivity contribution in [2.24, 2.45) is 11.8 Å². The number of aryl methyl sites for hydroxylation is 1. The van der Waals surface area contributed by atoms with Crippen molar-refractivity contribution in [1.82, 2.24) is 9.88 Å². The van der Waals surface area contributed by atoms with E-state index in [2.05, 4.69) is 4.98 Å². The van der Waals surface area contributed by atoms with Gasteiger partial charge in [-0.05, 0) is 67.3 Å². The van der Waals surface area contributed by atoms with Crippen molar-refractivity contribution in [1.29, 1.82) is 0 Å². The number of ether oxygens (including phenoxy) is 2. The van der Waals surface area contributed by atoms with Gasteiger partial charge in [-0.25, -0.2) is 4.39 Å². The number of carboxylic acid groups (broad SMARTS) is 1. The molecule has 3 aromatic rings. The number of rotatable bonds is 9. The normalized spacial score (nSPS) is 24.5. The number of hydrogen-bond acceptors (Lipinski definition) is 7. The number of amides is 1. The number of carboxylic acids is 1. The number of pyridine rings is 1. The summed E-state index contributed by atoms with van der Waals surface area (Å²) < 4.78 is 70.5. The van der Waals surface area contributed by atoms with Crippen LogP contribution in [0.15, 0.2) is 60.8 Å². The first-order chi connectivity index (χ1) is 23.8. The van der Waals surface area contributed by atoms with Crippen LogP contribution in [0.3, 0.4) is 0 Å². The smallest absolute Gasteiger partial charge is 0.416 e. The van der Waals surface area contributed by atoms with Gasteiger partial charge in [-0.15, -0.1) is 0 Å². The molecule has 3 aliphatic heterocycles. The number of hydrogen-bond donors (Lipinski definition) is 1. The van der Waals surface area contributed by atoms with E-state index in [1.165, 1.54) is 18.1 Å². The fourth-order valence-electron chi connectivity index (χ4n) is 7.87. The highest BCUT2D eigenvalue weighted by atomic mass is 19.4. The van der Waals surface area contributed by atoms with Crippen LogP contribution < -0.4 is 14.5 Å². The summed E-state index contributed by atoms with van der Waals surface area (Å²) in [6.45, 7) is 2.91. The molecule has 3 saturated heterocycles. The van der Waals surface area contributed by atoms with Crippen molar-refractivity contribution < 1.29 is 41.7 Å². The highest BCUT2D eigenvalue weighted by Crippen LogP contribution is 2.46. The molecule has 6 rings (SSSR count). The number of aromatic nitrogens is 1. The monoisotopic (exact) mass is 698 g/mol. The van der Waals surface area contributed by atoms with E-state index in [9.17, 15) is 27.9 Å². The van der Waals surface area contributed by atoms with E-state index in [0.717, 1.165) is 23.5 Å². The van der Waals surface area contributed by atoms with Gasteiger partial charge in [0.1, 0.15) is 5.75 Å². The maximum absolute atomic E-state index is 17.7. The Morgan fingerprint density at radius 1 is 0.980 bits per heavy atom. The molecule has 1 N–H and O–H groups in total. The van der Waals surface area contributed by atoms with E-state index in [1.54, 1.807) is 48.5 Å². The second kappa shape index (κ2) is 14.1. The third kappa shape index (κ3) is 6.97. The van der Waals surface area contributed by atoms with E-state index >= 15 is 4.39 Å². The van der Waals surface area contributed by atoms with Crippen LogP contribution in [0, 0.1) is 18.8 Å². The van der Waals surface area contributed by atoms with Crippen molar-refractivity contribution in [3.8, 4) is 5.75 Å². The Balaban J connectivity index is 1.34. The van der Waals surface area contributed by atoms with Crippen LogP contribution in [0.25, 0.3) is 0 Å². The number of methoxy groups -OCH3 is 2. The molecular weight excluding hydrogens is 656 g/mol. The van der Waals surface area contributed by atoms with Crippen LogP contribution >= 0.6 is 0 Å². The first-order valence-electron chi connectivity index (χ1n) is 16.8. The lowest BCUT2D eigenvalue weighted by molar-refractivity contribution is -0.143. The SMILES string of the molecule is COC[C@H]1CN(C(=O)[C@]2(F)CN(c3ccnc(C)c3)C[C@H]2c2ccc(OC)cc2)C[C@@H]1c1ccc(C(F)(F)F)cc1N1CCC(C(=O)O)CC1. The molecule has 0 spiro atoms. The van der Waals surface area contributed by atoms with E-state index in [-0.39, 0.29) is 51.8 Å². The summed E-state index contributed by atoms with van der Waals surface area (Å²) in [4.78, 5) is 35.6. The molecule has 13 heteroatoms. The molecule has 0 saturated carbocycles. The van der Waals surface area contributed by atoms with Crippen LogP contribution in [-0.4, -0.2) is 92.6 Å². The van der Waals surface area contributed by atoms with Gasteiger partial charge in [0.05, 0.1) is 31.7 Å².